The van der Waals surface area contributed by atoms with E-state index in [1.807, 2.05) is 6.07 Å². The zero-order valence-corrected chi connectivity index (χ0v) is 17.0. The van der Waals surface area contributed by atoms with Crippen LogP contribution in [0.3, 0.4) is 0 Å². The van der Waals surface area contributed by atoms with Crippen molar-refractivity contribution in [1.29, 1.82) is 0 Å². The van der Waals surface area contributed by atoms with E-state index in [1.54, 1.807) is 18.3 Å². The molecule has 28 heavy (non-hydrogen) atoms. The number of anilines is 1. The molecule has 4 atom stereocenters. The smallest absolute Gasteiger partial charge is 0.223 e. The first-order valence-corrected chi connectivity index (χ1v) is 11.1. The molecule has 0 unspecified atom stereocenters. The van der Waals surface area contributed by atoms with Gasteiger partial charge in [0.25, 0.3) is 0 Å². The summed E-state index contributed by atoms with van der Waals surface area (Å²) in [6.45, 7) is 3.98. The number of hydrogen-bond acceptors (Lipinski definition) is 5. The molecule has 2 aromatic rings. The maximum absolute atomic E-state index is 12.8. The van der Waals surface area contributed by atoms with Gasteiger partial charge in [-0.2, -0.15) is 0 Å². The van der Waals surface area contributed by atoms with E-state index in [0.717, 1.165) is 43.0 Å². The van der Waals surface area contributed by atoms with Crippen LogP contribution < -0.4 is 10.2 Å². The largest absolute Gasteiger partial charge is 0.354 e. The van der Waals surface area contributed by atoms with E-state index in [9.17, 15) is 9.59 Å². The van der Waals surface area contributed by atoms with E-state index in [4.69, 9.17) is 4.98 Å². The Kier molecular flexibility index (Phi) is 4.50. The van der Waals surface area contributed by atoms with Crippen LogP contribution >= 0.6 is 11.3 Å². The summed E-state index contributed by atoms with van der Waals surface area (Å²) in [5.41, 5.74) is 1.06. The predicted molar refractivity (Wildman–Crippen MR) is 110 cm³/mol. The Morgan fingerprint density at radius 3 is 2.93 bits per heavy atom. The number of nitrogens with zero attached hydrogens (tertiary/aromatic N) is 3. The zero-order valence-electron chi connectivity index (χ0n) is 16.1. The lowest BCUT2D eigenvalue weighted by Crippen LogP contribution is -2.67. The third-order valence-electron chi connectivity index (χ3n) is 6.61. The van der Waals surface area contributed by atoms with Gasteiger partial charge in [0.05, 0.1) is 16.3 Å². The lowest BCUT2D eigenvalue weighted by Gasteiger charge is -2.56. The molecule has 0 radical (unpaired) electrons. The average molecular weight is 399 g/mol. The molecule has 4 heterocycles. The highest BCUT2D eigenvalue weighted by Crippen LogP contribution is 2.43. The van der Waals surface area contributed by atoms with Crippen molar-refractivity contribution in [2.24, 2.45) is 11.8 Å². The fourth-order valence-corrected chi connectivity index (χ4v) is 6.42. The summed E-state index contributed by atoms with van der Waals surface area (Å²) < 4.78 is 1.22. The molecule has 6 nitrogen and oxygen atoms in total. The van der Waals surface area contributed by atoms with Crippen molar-refractivity contribution in [3.05, 3.63) is 24.3 Å². The second-order valence-electron chi connectivity index (χ2n) is 8.39. The first kappa shape index (κ1) is 17.9. The summed E-state index contributed by atoms with van der Waals surface area (Å²) in [5.74, 6) is 1.11. The number of carbonyl (C=O) groups excluding carboxylic acids is 2. The maximum Gasteiger partial charge on any atom is 0.223 e. The SMILES string of the molecule is CC(=O)NC[C@H]1[C@H]2C[C@H](CN(c3nc4ccccc4s3)C2)[C@@H]2CCCC(=O)N21. The van der Waals surface area contributed by atoms with Crippen LogP contribution in [0.1, 0.15) is 32.6 Å². The monoisotopic (exact) mass is 398 g/mol. The van der Waals surface area contributed by atoms with Gasteiger partial charge in [0, 0.05) is 39.0 Å². The molecule has 5 rings (SSSR count). The van der Waals surface area contributed by atoms with Crippen molar-refractivity contribution in [3.8, 4) is 0 Å². The van der Waals surface area contributed by atoms with Crippen LogP contribution in [-0.2, 0) is 9.59 Å². The molecule has 148 valence electrons. The van der Waals surface area contributed by atoms with Gasteiger partial charge in [0.15, 0.2) is 5.13 Å². The number of hydrogen-bond donors (Lipinski definition) is 1. The number of para-hydroxylation sites is 1. The van der Waals surface area contributed by atoms with Gasteiger partial charge in [-0.3, -0.25) is 9.59 Å². The molecule has 2 amide bonds. The average Bonchev–Trinajstić information content (AvgIpc) is 3.12. The minimum absolute atomic E-state index is 0.0260. The number of piperidine rings is 3. The first-order chi connectivity index (χ1) is 13.6. The predicted octanol–water partition coefficient (Wildman–Crippen LogP) is 2.64. The minimum Gasteiger partial charge on any atom is -0.354 e. The Labute approximate surface area is 168 Å². The molecule has 1 aromatic heterocycles. The molecular formula is C21H26N4O2S. The van der Waals surface area contributed by atoms with E-state index in [-0.39, 0.29) is 17.9 Å². The normalized spacial score (nSPS) is 29.7. The molecule has 0 aliphatic carbocycles. The van der Waals surface area contributed by atoms with Crippen LogP contribution in [0.4, 0.5) is 5.13 Å². The maximum atomic E-state index is 12.8. The Morgan fingerprint density at radius 1 is 1.29 bits per heavy atom. The Hall–Kier alpha value is -2.15. The topological polar surface area (TPSA) is 65.5 Å². The van der Waals surface area contributed by atoms with E-state index in [2.05, 4.69) is 33.3 Å². The van der Waals surface area contributed by atoms with Gasteiger partial charge >= 0.3 is 0 Å². The fraction of sp³-hybridized carbons (Fsp3) is 0.571. The Morgan fingerprint density at radius 2 is 2.11 bits per heavy atom. The van der Waals surface area contributed by atoms with Crippen LogP contribution in [0.25, 0.3) is 10.2 Å². The van der Waals surface area contributed by atoms with Crippen molar-refractivity contribution in [1.82, 2.24) is 15.2 Å². The van der Waals surface area contributed by atoms with Crippen LogP contribution in [0.15, 0.2) is 24.3 Å². The molecule has 2 bridgehead atoms. The first-order valence-electron chi connectivity index (χ1n) is 10.3. The number of rotatable bonds is 3. The Bertz CT molecular complexity index is 880. The number of benzene rings is 1. The van der Waals surface area contributed by atoms with Gasteiger partial charge in [-0.15, -0.1) is 0 Å². The summed E-state index contributed by atoms with van der Waals surface area (Å²) in [5, 5.41) is 4.07. The molecule has 0 saturated carbocycles. The van der Waals surface area contributed by atoms with Crippen molar-refractivity contribution >= 4 is 38.5 Å². The van der Waals surface area contributed by atoms with Gasteiger partial charge in [0.1, 0.15) is 0 Å². The van der Waals surface area contributed by atoms with Gasteiger partial charge in [-0.05, 0) is 43.2 Å². The summed E-state index contributed by atoms with van der Waals surface area (Å²) in [6.07, 6.45) is 3.84. The van der Waals surface area contributed by atoms with E-state index in [1.165, 1.54) is 4.70 Å². The number of carbonyl (C=O) groups is 2. The molecule has 0 spiro atoms. The highest BCUT2D eigenvalue weighted by molar-refractivity contribution is 7.22. The summed E-state index contributed by atoms with van der Waals surface area (Å²) in [6, 6.07) is 8.68. The third-order valence-corrected chi connectivity index (χ3v) is 7.71. The zero-order chi connectivity index (χ0) is 19.3. The molecule has 3 aliphatic rings. The van der Waals surface area contributed by atoms with E-state index in [0.29, 0.717) is 30.8 Å². The second-order valence-corrected chi connectivity index (χ2v) is 9.40. The standard InChI is InChI=1S/C21H26N4O2S/c1-13(26)22-10-18-15-9-14(17-6-4-8-20(27)25(17)18)11-24(12-15)21-23-16-5-2-3-7-19(16)28-21/h2-3,5,7,14-15,17-18H,4,6,8-12H2,1H3,(H,22,26)/t14-,15+,17+,18+/m1/s1. The van der Waals surface area contributed by atoms with Gasteiger partial charge in [-0.25, -0.2) is 4.98 Å². The third kappa shape index (κ3) is 3.05. The lowest BCUT2D eigenvalue weighted by atomic mass is 9.72. The molecule has 1 N–H and O–H groups in total. The van der Waals surface area contributed by atoms with Crippen LogP contribution in [-0.4, -0.2) is 53.4 Å². The second kappa shape index (κ2) is 7.03. The fourth-order valence-electron chi connectivity index (χ4n) is 5.44. The van der Waals surface area contributed by atoms with Crippen molar-refractivity contribution in [2.45, 2.75) is 44.7 Å². The molecule has 1 aromatic carbocycles. The molecule has 3 fully saturated rings. The Balaban J connectivity index is 1.45. The van der Waals surface area contributed by atoms with Crippen LogP contribution in [0, 0.1) is 11.8 Å². The molecule has 7 heteroatoms. The molecule has 3 saturated heterocycles. The highest BCUT2D eigenvalue weighted by atomic mass is 32.1. The highest BCUT2D eigenvalue weighted by Gasteiger charge is 2.49. The number of amides is 2. The van der Waals surface area contributed by atoms with E-state index < -0.39 is 0 Å². The quantitative estimate of drug-likeness (QED) is 0.863. The lowest BCUT2D eigenvalue weighted by molar-refractivity contribution is -0.149. The van der Waals surface area contributed by atoms with Crippen molar-refractivity contribution < 1.29 is 9.59 Å². The van der Waals surface area contributed by atoms with Crippen molar-refractivity contribution in [3.63, 3.8) is 0 Å². The summed E-state index contributed by atoms with van der Waals surface area (Å²) >= 11 is 1.76. The summed E-state index contributed by atoms with van der Waals surface area (Å²) in [4.78, 5) is 33.8. The molecular weight excluding hydrogens is 372 g/mol. The van der Waals surface area contributed by atoms with Gasteiger partial charge < -0.3 is 15.1 Å². The number of thiazole rings is 1. The number of fused-ring (bicyclic) bond motifs is 5. The van der Waals surface area contributed by atoms with Gasteiger partial charge in [-0.1, -0.05) is 23.5 Å². The van der Waals surface area contributed by atoms with Crippen LogP contribution in [0.2, 0.25) is 0 Å². The molecule has 3 aliphatic heterocycles. The summed E-state index contributed by atoms with van der Waals surface area (Å²) in [7, 11) is 0. The van der Waals surface area contributed by atoms with E-state index >= 15 is 0 Å². The van der Waals surface area contributed by atoms with Crippen LogP contribution in [0.5, 0.6) is 0 Å². The number of nitrogens with one attached hydrogen (secondary N) is 1. The van der Waals surface area contributed by atoms with Gasteiger partial charge in [0.2, 0.25) is 11.8 Å². The van der Waals surface area contributed by atoms with Crippen molar-refractivity contribution in [2.75, 3.05) is 24.5 Å². The minimum atomic E-state index is -0.0260. The number of aromatic nitrogens is 1.